The van der Waals surface area contributed by atoms with Crippen molar-refractivity contribution in [1.29, 1.82) is 0 Å². The molecule has 1 aromatic rings. The molecule has 1 aromatic carbocycles. The van der Waals surface area contributed by atoms with E-state index in [0.29, 0.717) is 25.9 Å². The first-order chi connectivity index (χ1) is 11.0. The van der Waals surface area contributed by atoms with Gasteiger partial charge in [-0.25, -0.2) is 0 Å². The molecule has 128 valence electrons. The highest BCUT2D eigenvalue weighted by Gasteiger charge is 2.22. The number of rotatable bonds is 6. The average Bonchev–Trinajstić information content (AvgIpc) is 2.49. The van der Waals surface area contributed by atoms with Crippen molar-refractivity contribution < 1.29 is 31.8 Å². The Balaban J connectivity index is 2.13. The first-order valence-corrected chi connectivity index (χ1v) is 7.01. The highest BCUT2D eigenvalue weighted by Crippen LogP contribution is 2.32. The van der Waals surface area contributed by atoms with E-state index in [2.05, 4.69) is 20.1 Å². The van der Waals surface area contributed by atoms with Gasteiger partial charge in [0, 0.05) is 12.0 Å². The number of hydrogen-bond acceptors (Lipinski definition) is 4. The van der Waals surface area contributed by atoms with Crippen molar-refractivity contribution >= 4 is 11.6 Å². The number of piperidine rings is 1. The Hall–Kier alpha value is -2.03. The minimum Gasteiger partial charge on any atom is -0.435 e. The summed E-state index contributed by atoms with van der Waals surface area (Å²) in [6.45, 7) is -4.87. The monoisotopic (exact) mass is 336 g/mol. The lowest BCUT2D eigenvalue weighted by Crippen LogP contribution is -2.34. The predicted octanol–water partition coefficient (Wildman–Crippen LogP) is 2.83. The molecule has 0 aromatic heterocycles. The van der Waals surface area contributed by atoms with Crippen molar-refractivity contribution in [3.63, 3.8) is 0 Å². The van der Waals surface area contributed by atoms with E-state index in [-0.39, 0.29) is 23.3 Å². The maximum atomic E-state index is 12.5. The third-order valence-corrected chi connectivity index (χ3v) is 3.36. The van der Waals surface area contributed by atoms with Crippen LogP contribution in [0.15, 0.2) is 18.2 Å². The highest BCUT2D eigenvalue weighted by atomic mass is 19.3. The summed E-state index contributed by atoms with van der Waals surface area (Å²) in [6.07, 6.45) is 1.26. The van der Waals surface area contributed by atoms with Gasteiger partial charge >= 0.3 is 13.2 Å². The summed E-state index contributed by atoms with van der Waals surface area (Å²) in [5.41, 5.74) is -0.0181. The van der Waals surface area contributed by atoms with Crippen molar-refractivity contribution in [1.82, 2.24) is 5.32 Å². The Morgan fingerprint density at radius 3 is 2.39 bits per heavy atom. The van der Waals surface area contributed by atoms with Crippen LogP contribution in [0.4, 0.5) is 23.2 Å². The Morgan fingerprint density at radius 2 is 1.78 bits per heavy atom. The predicted molar refractivity (Wildman–Crippen MR) is 73.9 cm³/mol. The van der Waals surface area contributed by atoms with Gasteiger partial charge < -0.3 is 20.1 Å². The molecule has 1 fully saturated rings. The van der Waals surface area contributed by atoms with E-state index in [1.54, 1.807) is 0 Å². The van der Waals surface area contributed by atoms with E-state index in [9.17, 15) is 22.4 Å². The van der Waals surface area contributed by atoms with Crippen LogP contribution in [-0.2, 0) is 4.79 Å². The fraction of sp³-hybridized carbons (Fsp3) is 0.500. The quantitative estimate of drug-likeness (QED) is 0.785. The number of nitrogens with one attached hydrogen (secondary N) is 2. The van der Waals surface area contributed by atoms with E-state index in [0.717, 1.165) is 12.1 Å². The Kier molecular flexibility index (Phi) is 6.03. The largest absolute Gasteiger partial charge is 0.435 e. The number of alkyl halides is 4. The van der Waals surface area contributed by atoms with Crippen LogP contribution in [0.2, 0.25) is 0 Å². The zero-order chi connectivity index (χ0) is 16.8. The number of amides is 1. The molecule has 0 bridgehead atoms. The lowest BCUT2D eigenvalue weighted by molar-refractivity contribution is -0.120. The lowest BCUT2D eigenvalue weighted by atomic mass is 9.97. The van der Waals surface area contributed by atoms with Crippen molar-refractivity contribution in [2.75, 3.05) is 18.4 Å². The SMILES string of the molecule is O=C(Nc1ccc(OC(F)F)cc1OC(F)F)C1CCNCC1. The summed E-state index contributed by atoms with van der Waals surface area (Å²) >= 11 is 0. The third-order valence-electron chi connectivity index (χ3n) is 3.36. The van der Waals surface area contributed by atoms with Crippen molar-refractivity contribution in [2.45, 2.75) is 26.1 Å². The molecule has 5 nitrogen and oxygen atoms in total. The Bertz CT molecular complexity index is 537. The second-order valence-electron chi connectivity index (χ2n) is 4.93. The minimum absolute atomic E-state index is 0.0181. The zero-order valence-corrected chi connectivity index (χ0v) is 12.0. The molecule has 0 unspecified atom stereocenters. The van der Waals surface area contributed by atoms with Gasteiger partial charge in [0.1, 0.15) is 5.75 Å². The van der Waals surface area contributed by atoms with Gasteiger partial charge in [-0.2, -0.15) is 17.6 Å². The smallest absolute Gasteiger partial charge is 0.387 e. The molecule has 0 radical (unpaired) electrons. The number of benzene rings is 1. The van der Waals surface area contributed by atoms with Crippen LogP contribution in [0.1, 0.15) is 12.8 Å². The molecule has 1 aliphatic rings. The van der Waals surface area contributed by atoms with E-state index in [1.165, 1.54) is 6.07 Å². The van der Waals surface area contributed by atoms with Gasteiger partial charge in [0.05, 0.1) is 5.69 Å². The van der Waals surface area contributed by atoms with E-state index in [1.807, 2.05) is 0 Å². The molecule has 0 saturated carbocycles. The molecule has 23 heavy (non-hydrogen) atoms. The minimum atomic E-state index is -3.16. The average molecular weight is 336 g/mol. The van der Waals surface area contributed by atoms with Crippen LogP contribution in [0.3, 0.4) is 0 Å². The van der Waals surface area contributed by atoms with E-state index >= 15 is 0 Å². The van der Waals surface area contributed by atoms with Gasteiger partial charge in [-0.15, -0.1) is 0 Å². The zero-order valence-electron chi connectivity index (χ0n) is 12.0. The number of anilines is 1. The molecular formula is C14H16F4N2O3. The van der Waals surface area contributed by atoms with Gasteiger partial charge in [0.15, 0.2) is 5.75 Å². The van der Waals surface area contributed by atoms with E-state index in [4.69, 9.17) is 0 Å². The fourth-order valence-electron chi connectivity index (χ4n) is 2.29. The van der Waals surface area contributed by atoms with Gasteiger partial charge in [-0.1, -0.05) is 0 Å². The molecule has 1 aliphatic heterocycles. The fourth-order valence-corrected chi connectivity index (χ4v) is 2.29. The van der Waals surface area contributed by atoms with E-state index < -0.39 is 19.0 Å². The first-order valence-electron chi connectivity index (χ1n) is 7.01. The van der Waals surface area contributed by atoms with Crippen LogP contribution in [0, 0.1) is 5.92 Å². The number of ether oxygens (including phenoxy) is 2. The Labute approximate surface area is 129 Å². The Morgan fingerprint density at radius 1 is 1.13 bits per heavy atom. The standard InChI is InChI=1S/C14H16F4N2O3/c15-13(16)22-9-1-2-10(11(7-9)23-14(17)18)20-12(21)8-3-5-19-6-4-8/h1-2,7-8,13-14,19H,3-6H2,(H,20,21). The first kappa shape index (κ1) is 17.3. The highest BCUT2D eigenvalue weighted by molar-refractivity contribution is 5.94. The maximum absolute atomic E-state index is 12.5. The topological polar surface area (TPSA) is 59.6 Å². The van der Waals surface area contributed by atoms with Gasteiger partial charge in [0.2, 0.25) is 5.91 Å². The molecule has 2 N–H and O–H groups in total. The molecular weight excluding hydrogens is 320 g/mol. The molecule has 0 spiro atoms. The van der Waals surface area contributed by atoms with Gasteiger partial charge in [-0.05, 0) is 38.1 Å². The maximum Gasteiger partial charge on any atom is 0.387 e. The van der Waals surface area contributed by atoms with Crippen molar-refractivity contribution in [2.24, 2.45) is 5.92 Å². The number of carbonyl (C=O) groups excluding carboxylic acids is 1. The van der Waals surface area contributed by atoms with Gasteiger partial charge in [-0.3, -0.25) is 4.79 Å². The number of carbonyl (C=O) groups is 1. The van der Waals surface area contributed by atoms with Crippen LogP contribution >= 0.6 is 0 Å². The molecule has 1 amide bonds. The second kappa shape index (κ2) is 8.00. The molecule has 0 atom stereocenters. The molecule has 1 heterocycles. The van der Waals surface area contributed by atoms with Crippen molar-refractivity contribution in [3.05, 3.63) is 18.2 Å². The van der Waals surface area contributed by atoms with Crippen LogP contribution in [0.25, 0.3) is 0 Å². The van der Waals surface area contributed by atoms with Crippen LogP contribution in [0.5, 0.6) is 11.5 Å². The molecule has 2 rings (SSSR count). The summed E-state index contributed by atoms with van der Waals surface area (Å²) in [5.74, 6) is -1.34. The summed E-state index contributed by atoms with van der Waals surface area (Å²) in [5, 5.41) is 5.60. The second-order valence-corrected chi connectivity index (χ2v) is 4.93. The molecule has 0 aliphatic carbocycles. The van der Waals surface area contributed by atoms with Crippen molar-refractivity contribution in [3.8, 4) is 11.5 Å². The molecule has 9 heteroatoms. The lowest BCUT2D eigenvalue weighted by Gasteiger charge is -2.22. The summed E-state index contributed by atoms with van der Waals surface area (Å²) in [7, 11) is 0. The third kappa shape index (κ3) is 5.27. The van der Waals surface area contributed by atoms with Crippen LogP contribution < -0.4 is 20.1 Å². The summed E-state index contributed by atoms with van der Waals surface area (Å²) in [6, 6.07) is 3.22. The number of halogens is 4. The molecule has 1 saturated heterocycles. The van der Waals surface area contributed by atoms with Crippen LogP contribution in [-0.4, -0.2) is 32.2 Å². The normalized spacial score (nSPS) is 15.7. The van der Waals surface area contributed by atoms with Gasteiger partial charge in [0.25, 0.3) is 0 Å². The number of hydrogen-bond donors (Lipinski definition) is 2. The summed E-state index contributed by atoms with van der Waals surface area (Å²) in [4.78, 5) is 12.1. The summed E-state index contributed by atoms with van der Waals surface area (Å²) < 4.78 is 57.7.